The van der Waals surface area contributed by atoms with Gasteiger partial charge in [-0.15, -0.1) is 0 Å². The fraction of sp³-hybridized carbons (Fsp3) is 0.333. The number of nitrogens with zero attached hydrogens (tertiary/aromatic N) is 2. The Labute approximate surface area is 252 Å². The fourth-order valence-electron chi connectivity index (χ4n) is 4.19. The maximum atomic E-state index is 13.1. The first-order valence-electron chi connectivity index (χ1n) is 14.4. The normalized spacial score (nSPS) is 11.0. The Balaban J connectivity index is 1.38. The van der Waals surface area contributed by atoms with E-state index in [9.17, 15) is 4.79 Å². The molecule has 0 saturated heterocycles. The Hall–Kier alpha value is -4.01. The molecular formula is C33H38ClN3O5. The molecule has 0 atom stereocenters. The number of aromatic nitrogens is 1. The van der Waals surface area contributed by atoms with Crippen LogP contribution in [-0.4, -0.2) is 48.8 Å². The van der Waals surface area contributed by atoms with Gasteiger partial charge >= 0.3 is 0 Å². The summed E-state index contributed by atoms with van der Waals surface area (Å²) in [6.07, 6.45) is 2.83. The predicted octanol–water partition coefficient (Wildman–Crippen LogP) is 8.33. The van der Waals surface area contributed by atoms with E-state index in [0.717, 1.165) is 44.5 Å². The van der Waals surface area contributed by atoms with E-state index >= 15 is 0 Å². The number of carbonyl (C=O) groups excluding carboxylic acids is 1. The number of nitrogens with one attached hydrogen (secondary N) is 1. The third-order valence-electron chi connectivity index (χ3n) is 6.67. The molecule has 1 heterocycles. The van der Waals surface area contributed by atoms with Crippen molar-refractivity contribution in [1.29, 1.82) is 0 Å². The third kappa shape index (κ3) is 8.99. The molecule has 8 nitrogen and oxygen atoms in total. The summed E-state index contributed by atoms with van der Waals surface area (Å²) in [5.74, 6) is 2.25. The molecule has 0 radical (unpaired) electrons. The molecule has 0 unspecified atom stereocenters. The summed E-state index contributed by atoms with van der Waals surface area (Å²) in [6.45, 7) is 10.6. The third-order valence-corrected chi connectivity index (χ3v) is 6.92. The molecule has 0 aliphatic heterocycles. The smallest absolute Gasteiger partial charge is 0.294 e. The zero-order chi connectivity index (χ0) is 29.7. The van der Waals surface area contributed by atoms with Crippen LogP contribution in [0.25, 0.3) is 11.3 Å². The SMILES string of the molecule is CCCCOc1cc(OCCCN(CC)CC)ccc1NC(=O)c1cc(-c2ccc(Oc3ccc(Cl)cc3)cc2)no1. The maximum Gasteiger partial charge on any atom is 0.294 e. The molecule has 0 bridgehead atoms. The average molecular weight is 592 g/mol. The Morgan fingerprint density at radius 3 is 2.21 bits per heavy atom. The lowest BCUT2D eigenvalue weighted by Crippen LogP contribution is -2.25. The molecule has 0 aliphatic carbocycles. The Morgan fingerprint density at radius 1 is 0.857 bits per heavy atom. The van der Waals surface area contributed by atoms with Crippen molar-refractivity contribution in [3.63, 3.8) is 0 Å². The van der Waals surface area contributed by atoms with Gasteiger partial charge in [-0.25, -0.2) is 0 Å². The molecule has 1 aromatic heterocycles. The van der Waals surface area contributed by atoms with E-state index in [-0.39, 0.29) is 5.76 Å². The standard InChI is InChI=1S/C33H38ClN3O5/c1-4-7-20-40-31-22-28(39-21-8-19-37(5-2)6-3)17-18-29(31)35-33(38)32-23-30(36-42-32)24-9-13-26(14-10-24)41-27-15-11-25(34)12-16-27/h9-18,22-23H,4-8,19-21H2,1-3H3,(H,35,38). The fourth-order valence-corrected chi connectivity index (χ4v) is 4.32. The van der Waals surface area contributed by atoms with Gasteiger partial charge in [0, 0.05) is 29.3 Å². The van der Waals surface area contributed by atoms with Gasteiger partial charge in [-0.3, -0.25) is 4.79 Å². The summed E-state index contributed by atoms with van der Waals surface area (Å²) < 4.78 is 23.2. The van der Waals surface area contributed by atoms with Crippen LogP contribution in [0.1, 0.15) is 50.6 Å². The largest absolute Gasteiger partial charge is 0.493 e. The van der Waals surface area contributed by atoms with Crippen molar-refractivity contribution in [2.75, 3.05) is 38.2 Å². The first-order chi connectivity index (χ1) is 20.5. The van der Waals surface area contributed by atoms with Crippen LogP contribution < -0.4 is 19.5 Å². The number of halogens is 1. The number of rotatable bonds is 16. The summed E-state index contributed by atoms with van der Waals surface area (Å²) in [4.78, 5) is 15.4. The predicted molar refractivity (Wildman–Crippen MR) is 166 cm³/mol. The van der Waals surface area contributed by atoms with Gasteiger partial charge in [0.05, 0.1) is 18.9 Å². The monoisotopic (exact) mass is 591 g/mol. The second-order valence-corrected chi connectivity index (χ2v) is 10.1. The first-order valence-corrected chi connectivity index (χ1v) is 14.8. The highest BCUT2D eigenvalue weighted by molar-refractivity contribution is 6.30. The Kier molecular flexibility index (Phi) is 11.7. The quantitative estimate of drug-likeness (QED) is 0.131. The van der Waals surface area contributed by atoms with Gasteiger partial charge in [0.25, 0.3) is 5.91 Å². The van der Waals surface area contributed by atoms with Crippen molar-refractivity contribution in [2.24, 2.45) is 0 Å². The second kappa shape index (κ2) is 15.8. The molecule has 1 N–H and O–H groups in total. The lowest BCUT2D eigenvalue weighted by molar-refractivity contribution is 0.0987. The van der Waals surface area contributed by atoms with E-state index in [1.54, 1.807) is 36.4 Å². The topological polar surface area (TPSA) is 86.1 Å². The molecule has 0 spiro atoms. The van der Waals surface area contributed by atoms with Crippen LogP contribution in [0.4, 0.5) is 5.69 Å². The van der Waals surface area contributed by atoms with Gasteiger partial charge in [0.2, 0.25) is 5.76 Å². The number of benzene rings is 3. The van der Waals surface area contributed by atoms with Gasteiger partial charge in [-0.1, -0.05) is 43.9 Å². The van der Waals surface area contributed by atoms with Gasteiger partial charge < -0.3 is 29.0 Å². The number of unbranched alkanes of at least 4 members (excludes halogenated alkanes) is 1. The zero-order valence-corrected chi connectivity index (χ0v) is 25.2. The van der Waals surface area contributed by atoms with Crippen LogP contribution in [0.2, 0.25) is 5.02 Å². The van der Waals surface area contributed by atoms with Gasteiger partial charge in [-0.2, -0.15) is 0 Å². The summed E-state index contributed by atoms with van der Waals surface area (Å²) in [6, 6.07) is 21.5. The molecule has 0 aliphatic rings. The number of ether oxygens (including phenoxy) is 3. The lowest BCUT2D eigenvalue weighted by atomic mass is 10.1. The van der Waals surface area contributed by atoms with Crippen molar-refractivity contribution >= 4 is 23.2 Å². The van der Waals surface area contributed by atoms with Crippen LogP contribution in [0.15, 0.2) is 77.3 Å². The highest BCUT2D eigenvalue weighted by Crippen LogP contribution is 2.31. The molecule has 222 valence electrons. The highest BCUT2D eigenvalue weighted by atomic mass is 35.5. The molecule has 9 heteroatoms. The van der Waals surface area contributed by atoms with Gasteiger partial charge in [0.15, 0.2) is 0 Å². The van der Waals surface area contributed by atoms with Crippen molar-refractivity contribution < 1.29 is 23.5 Å². The summed E-state index contributed by atoms with van der Waals surface area (Å²) in [5.41, 5.74) is 1.85. The van der Waals surface area contributed by atoms with Crippen LogP contribution >= 0.6 is 11.6 Å². The molecule has 1 amide bonds. The van der Waals surface area contributed by atoms with Crippen molar-refractivity contribution in [1.82, 2.24) is 10.1 Å². The molecule has 4 aromatic rings. The number of amides is 1. The molecule has 0 saturated carbocycles. The van der Waals surface area contributed by atoms with Crippen molar-refractivity contribution in [3.05, 3.63) is 83.6 Å². The minimum atomic E-state index is -0.426. The molecule has 0 fully saturated rings. The van der Waals surface area contributed by atoms with Crippen LogP contribution in [0.3, 0.4) is 0 Å². The number of hydrogen-bond acceptors (Lipinski definition) is 7. The van der Waals surface area contributed by atoms with Gasteiger partial charge in [0.1, 0.15) is 28.7 Å². The van der Waals surface area contributed by atoms with E-state index in [0.29, 0.717) is 52.6 Å². The first kappa shape index (κ1) is 30.9. The molecule has 3 aromatic carbocycles. The summed E-state index contributed by atoms with van der Waals surface area (Å²) >= 11 is 5.94. The van der Waals surface area contributed by atoms with Crippen LogP contribution in [0, 0.1) is 0 Å². The lowest BCUT2D eigenvalue weighted by Gasteiger charge is -2.18. The Bertz CT molecular complexity index is 1400. The van der Waals surface area contributed by atoms with E-state index in [1.807, 2.05) is 36.4 Å². The maximum absolute atomic E-state index is 13.1. The van der Waals surface area contributed by atoms with E-state index in [2.05, 4.69) is 36.1 Å². The number of hydrogen-bond donors (Lipinski definition) is 1. The van der Waals surface area contributed by atoms with E-state index < -0.39 is 5.91 Å². The van der Waals surface area contributed by atoms with Gasteiger partial charge in [-0.05, 0) is 86.6 Å². The average Bonchev–Trinajstić information content (AvgIpc) is 3.51. The Morgan fingerprint density at radius 2 is 1.52 bits per heavy atom. The molecule has 4 rings (SSSR count). The minimum absolute atomic E-state index is 0.0859. The second-order valence-electron chi connectivity index (χ2n) is 9.70. The zero-order valence-electron chi connectivity index (χ0n) is 24.4. The summed E-state index contributed by atoms with van der Waals surface area (Å²) in [5, 5.41) is 7.63. The summed E-state index contributed by atoms with van der Waals surface area (Å²) in [7, 11) is 0. The van der Waals surface area contributed by atoms with Crippen molar-refractivity contribution in [2.45, 2.75) is 40.0 Å². The van der Waals surface area contributed by atoms with Crippen LogP contribution in [-0.2, 0) is 0 Å². The van der Waals surface area contributed by atoms with Crippen molar-refractivity contribution in [3.8, 4) is 34.3 Å². The minimum Gasteiger partial charge on any atom is -0.493 e. The highest BCUT2D eigenvalue weighted by Gasteiger charge is 2.17. The number of anilines is 1. The molecular weight excluding hydrogens is 554 g/mol. The van der Waals surface area contributed by atoms with Crippen LogP contribution in [0.5, 0.6) is 23.0 Å². The molecule has 42 heavy (non-hydrogen) atoms. The number of carbonyl (C=O) groups is 1. The van der Waals surface area contributed by atoms with E-state index in [1.165, 1.54) is 0 Å². The van der Waals surface area contributed by atoms with E-state index in [4.69, 9.17) is 30.3 Å².